The van der Waals surface area contributed by atoms with Crippen molar-refractivity contribution in [2.45, 2.75) is 27.7 Å². The van der Waals surface area contributed by atoms with Crippen molar-refractivity contribution in [3.05, 3.63) is 0 Å². The molecule has 0 aliphatic rings. The van der Waals surface area contributed by atoms with Crippen LogP contribution in [0.3, 0.4) is 0 Å². The summed E-state index contributed by atoms with van der Waals surface area (Å²) in [4.78, 5) is 11.3. The maximum atomic E-state index is 11.3. The standard InChI is InChI=1S/C9H15NO2/c1-5-12-8(11)9(4,6-10)7(2)3/h7H,5H2,1-4H3. The smallest absolute Gasteiger partial charge is 0.326 e. The molecule has 1 atom stereocenters. The Morgan fingerprint density at radius 1 is 1.67 bits per heavy atom. The third kappa shape index (κ3) is 1.97. The van der Waals surface area contributed by atoms with E-state index in [1.54, 1.807) is 13.8 Å². The molecule has 0 rings (SSSR count). The summed E-state index contributed by atoms with van der Waals surface area (Å²) >= 11 is 0. The summed E-state index contributed by atoms with van der Waals surface area (Å²) in [5.41, 5.74) is -1.00. The maximum absolute atomic E-state index is 11.3. The van der Waals surface area contributed by atoms with Gasteiger partial charge in [-0.3, -0.25) is 4.79 Å². The van der Waals surface area contributed by atoms with Crippen LogP contribution < -0.4 is 0 Å². The average molecular weight is 169 g/mol. The summed E-state index contributed by atoms with van der Waals surface area (Å²) < 4.78 is 4.80. The van der Waals surface area contributed by atoms with Gasteiger partial charge in [-0.05, 0) is 19.8 Å². The second-order valence-corrected chi connectivity index (χ2v) is 3.19. The van der Waals surface area contributed by atoms with Gasteiger partial charge in [0, 0.05) is 0 Å². The van der Waals surface area contributed by atoms with Crippen LogP contribution in [0.5, 0.6) is 0 Å². The van der Waals surface area contributed by atoms with Crippen molar-refractivity contribution in [2.24, 2.45) is 11.3 Å². The van der Waals surface area contributed by atoms with Gasteiger partial charge >= 0.3 is 5.97 Å². The van der Waals surface area contributed by atoms with Gasteiger partial charge in [-0.15, -0.1) is 0 Å². The van der Waals surface area contributed by atoms with E-state index < -0.39 is 11.4 Å². The molecule has 0 heterocycles. The highest BCUT2D eigenvalue weighted by Crippen LogP contribution is 2.27. The van der Waals surface area contributed by atoms with Gasteiger partial charge < -0.3 is 4.74 Å². The molecular weight excluding hydrogens is 154 g/mol. The Balaban J connectivity index is 4.55. The molecule has 0 aromatic rings. The van der Waals surface area contributed by atoms with Crippen LogP contribution in [-0.4, -0.2) is 12.6 Å². The van der Waals surface area contributed by atoms with Gasteiger partial charge in [0.15, 0.2) is 5.41 Å². The van der Waals surface area contributed by atoms with E-state index in [1.807, 2.05) is 19.9 Å². The van der Waals surface area contributed by atoms with E-state index in [1.165, 1.54) is 0 Å². The normalized spacial score (nSPS) is 15.0. The van der Waals surface area contributed by atoms with Gasteiger partial charge in [-0.25, -0.2) is 0 Å². The van der Waals surface area contributed by atoms with E-state index in [0.717, 1.165) is 0 Å². The van der Waals surface area contributed by atoms with Crippen molar-refractivity contribution >= 4 is 5.97 Å². The highest BCUT2D eigenvalue weighted by atomic mass is 16.5. The quantitative estimate of drug-likeness (QED) is 0.604. The number of esters is 1. The van der Waals surface area contributed by atoms with Gasteiger partial charge in [-0.2, -0.15) is 5.26 Å². The monoisotopic (exact) mass is 169 g/mol. The fourth-order valence-electron chi connectivity index (χ4n) is 0.691. The number of hydrogen-bond donors (Lipinski definition) is 0. The van der Waals surface area contributed by atoms with Crippen LogP contribution in [-0.2, 0) is 9.53 Å². The van der Waals surface area contributed by atoms with Crippen LogP contribution >= 0.6 is 0 Å². The topological polar surface area (TPSA) is 50.1 Å². The van der Waals surface area contributed by atoms with E-state index in [-0.39, 0.29) is 5.92 Å². The Labute approximate surface area is 73.3 Å². The minimum absolute atomic E-state index is 0.0263. The Morgan fingerprint density at radius 2 is 2.17 bits per heavy atom. The zero-order chi connectivity index (χ0) is 9.78. The number of rotatable bonds is 3. The number of hydrogen-bond acceptors (Lipinski definition) is 3. The first kappa shape index (κ1) is 11.0. The molecule has 3 heteroatoms. The molecule has 0 saturated carbocycles. The van der Waals surface area contributed by atoms with Crippen LogP contribution in [0.25, 0.3) is 0 Å². The first-order valence-electron chi connectivity index (χ1n) is 4.07. The van der Waals surface area contributed by atoms with Crippen LogP contribution in [0.4, 0.5) is 0 Å². The first-order valence-corrected chi connectivity index (χ1v) is 4.07. The molecule has 0 aromatic heterocycles. The number of ether oxygens (including phenoxy) is 1. The zero-order valence-corrected chi connectivity index (χ0v) is 8.05. The summed E-state index contributed by atoms with van der Waals surface area (Å²) in [5.74, 6) is -0.455. The van der Waals surface area contributed by atoms with Crippen LogP contribution in [0.15, 0.2) is 0 Å². The van der Waals surface area contributed by atoms with Crippen molar-refractivity contribution in [3.63, 3.8) is 0 Å². The molecule has 0 aliphatic carbocycles. The molecule has 0 fully saturated rings. The minimum atomic E-state index is -1.00. The highest BCUT2D eigenvalue weighted by Gasteiger charge is 2.38. The molecule has 0 saturated heterocycles. The van der Waals surface area contributed by atoms with E-state index in [0.29, 0.717) is 6.61 Å². The van der Waals surface area contributed by atoms with Gasteiger partial charge in [0.2, 0.25) is 0 Å². The molecule has 0 amide bonds. The molecule has 0 bridgehead atoms. The lowest BCUT2D eigenvalue weighted by molar-refractivity contribution is -0.153. The van der Waals surface area contributed by atoms with Crippen molar-refractivity contribution in [1.29, 1.82) is 5.26 Å². The number of carbonyl (C=O) groups excluding carboxylic acids is 1. The van der Waals surface area contributed by atoms with Gasteiger partial charge in [0.05, 0.1) is 12.7 Å². The Hall–Kier alpha value is -1.04. The largest absolute Gasteiger partial charge is 0.465 e. The molecule has 68 valence electrons. The third-order valence-corrected chi connectivity index (χ3v) is 2.09. The van der Waals surface area contributed by atoms with Crippen molar-refractivity contribution < 1.29 is 9.53 Å². The molecule has 0 aromatic carbocycles. The summed E-state index contributed by atoms with van der Waals surface area (Å²) in [7, 11) is 0. The zero-order valence-electron chi connectivity index (χ0n) is 8.05. The lowest BCUT2D eigenvalue weighted by Crippen LogP contribution is -2.33. The molecule has 0 radical (unpaired) electrons. The van der Waals surface area contributed by atoms with E-state index in [2.05, 4.69) is 0 Å². The average Bonchev–Trinajstić information content (AvgIpc) is 2.03. The first-order chi connectivity index (χ1) is 5.49. The minimum Gasteiger partial charge on any atom is -0.465 e. The van der Waals surface area contributed by atoms with E-state index in [9.17, 15) is 4.79 Å². The van der Waals surface area contributed by atoms with Crippen LogP contribution in [0.1, 0.15) is 27.7 Å². The summed E-state index contributed by atoms with van der Waals surface area (Å²) in [6.45, 7) is 7.33. The number of nitriles is 1. The number of carbonyl (C=O) groups is 1. The van der Waals surface area contributed by atoms with Gasteiger partial charge in [-0.1, -0.05) is 13.8 Å². The van der Waals surface area contributed by atoms with Crippen molar-refractivity contribution in [1.82, 2.24) is 0 Å². The van der Waals surface area contributed by atoms with Crippen LogP contribution in [0.2, 0.25) is 0 Å². The van der Waals surface area contributed by atoms with Crippen LogP contribution in [0, 0.1) is 22.7 Å². The fraction of sp³-hybridized carbons (Fsp3) is 0.778. The van der Waals surface area contributed by atoms with E-state index >= 15 is 0 Å². The number of nitrogens with zero attached hydrogens (tertiary/aromatic N) is 1. The van der Waals surface area contributed by atoms with Crippen molar-refractivity contribution in [3.8, 4) is 6.07 Å². The highest BCUT2D eigenvalue weighted by molar-refractivity contribution is 5.79. The lowest BCUT2D eigenvalue weighted by Gasteiger charge is -2.22. The summed E-state index contributed by atoms with van der Waals surface area (Å²) in [5, 5.41) is 8.80. The lowest BCUT2D eigenvalue weighted by atomic mass is 9.81. The molecule has 12 heavy (non-hydrogen) atoms. The predicted molar refractivity (Wildman–Crippen MR) is 45.2 cm³/mol. The second kappa shape index (κ2) is 4.10. The van der Waals surface area contributed by atoms with Crippen molar-refractivity contribution in [2.75, 3.05) is 6.61 Å². The van der Waals surface area contributed by atoms with E-state index in [4.69, 9.17) is 10.00 Å². The maximum Gasteiger partial charge on any atom is 0.326 e. The fourth-order valence-corrected chi connectivity index (χ4v) is 0.691. The summed E-state index contributed by atoms with van der Waals surface area (Å²) in [6, 6.07) is 1.99. The van der Waals surface area contributed by atoms with Gasteiger partial charge in [0.25, 0.3) is 0 Å². The Bertz CT molecular complexity index is 205. The molecular formula is C9H15NO2. The molecule has 3 nitrogen and oxygen atoms in total. The molecule has 0 spiro atoms. The summed E-state index contributed by atoms with van der Waals surface area (Å²) in [6.07, 6.45) is 0. The Morgan fingerprint density at radius 3 is 2.42 bits per heavy atom. The SMILES string of the molecule is CCOC(=O)C(C)(C#N)C(C)C. The molecule has 0 aliphatic heterocycles. The second-order valence-electron chi connectivity index (χ2n) is 3.19. The molecule has 0 N–H and O–H groups in total. The predicted octanol–water partition coefficient (Wildman–Crippen LogP) is 1.74. The third-order valence-electron chi connectivity index (χ3n) is 2.09. The molecule has 1 unspecified atom stereocenters. The Kier molecular flexibility index (Phi) is 3.75. The van der Waals surface area contributed by atoms with Gasteiger partial charge in [0.1, 0.15) is 0 Å².